The summed E-state index contributed by atoms with van der Waals surface area (Å²) in [6.45, 7) is 3.51. The van der Waals surface area contributed by atoms with Gasteiger partial charge in [0.25, 0.3) is 10.0 Å². The van der Waals surface area contributed by atoms with Gasteiger partial charge in [-0.3, -0.25) is 9.71 Å². The molecule has 0 radical (unpaired) electrons. The summed E-state index contributed by atoms with van der Waals surface area (Å²) in [5.74, 6) is 0.476. The zero-order valence-electron chi connectivity index (χ0n) is 15.7. The molecule has 3 aromatic rings. The second kappa shape index (κ2) is 7.71. The fourth-order valence-corrected chi connectivity index (χ4v) is 4.08. The fraction of sp³-hybridized carbons (Fsp3) is 0.143. The molecule has 6 nitrogen and oxygen atoms in total. The van der Waals surface area contributed by atoms with Crippen LogP contribution in [0.4, 0.5) is 5.69 Å². The molecule has 0 fully saturated rings. The number of aryl methyl sites for hydroxylation is 2. The summed E-state index contributed by atoms with van der Waals surface area (Å²) in [5, 5.41) is 9.01. The molecule has 2 aromatic carbocycles. The topological polar surface area (TPSA) is 92.1 Å². The molecule has 3 rings (SSSR count). The van der Waals surface area contributed by atoms with E-state index in [0.717, 1.165) is 11.3 Å². The standard InChI is InChI=1S/C21H19N3O3S/c1-14-4-10-19(27-3)12-21(14)28(25,26)24-18-8-5-16(6-9-18)20-11-7-17(13-22)15(2)23-20/h4-12,24H,1-3H3. The number of benzene rings is 2. The van der Waals surface area contributed by atoms with E-state index >= 15 is 0 Å². The van der Waals surface area contributed by atoms with Gasteiger partial charge in [-0.25, -0.2) is 8.42 Å². The number of aromatic nitrogens is 1. The van der Waals surface area contributed by atoms with Crippen LogP contribution in [0.3, 0.4) is 0 Å². The molecule has 0 bridgehead atoms. The van der Waals surface area contributed by atoms with Crippen molar-refractivity contribution in [2.45, 2.75) is 18.7 Å². The van der Waals surface area contributed by atoms with E-state index in [-0.39, 0.29) is 4.90 Å². The van der Waals surface area contributed by atoms with Gasteiger partial charge < -0.3 is 4.74 Å². The van der Waals surface area contributed by atoms with Crippen molar-refractivity contribution in [3.63, 3.8) is 0 Å². The molecule has 0 saturated carbocycles. The number of nitriles is 1. The summed E-state index contributed by atoms with van der Waals surface area (Å²) in [7, 11) is -2.26. The molecule has 0 saturated heterocycles. The van der Waals surface area contributed by atoms with Crippen LogP contribution in [0.2, 0.25) is 0 Å². The Bertz CT molecular complexity index is 1160. The van der Waals surface area contributed by atoms with E-state index in [1.54, 1.807) is 62.4 Å². The highest BCUT2D eigenvalue weighted by molar-refractivity contribution is 7.92. The van der Waals surface area contributed by atoms with E-state index in [2.05, 4.69) is 15.8 Å². The lowest BCUT2D eigenvalue weighted by atomic mass is 10.1. The molecule has 7 heteroatoms. The quantitative estimate of drug-likeness (QED) is 0.706. The van der Waals surface area contributed by atoms with E-state index in [1.165, 1.54) is 13.2 Å². The minimum absolute atomic E-state index is 0.167. The summed E-state index contributed by atoms with van der Waals surface area (Å²) in [6.07, 6.45) is 0. The normalized spacial score (nSPS) is 10.9. The predicted octanol–water partition coefficient (Wildman–Crippen LogP) is 4.05. The number of hydrogen-bond donors (Lipinski definition) is 1. The van der Waals surface area contributed by atoms with Crippen LogP contribution < -0.4 is 9.46 Å². The molecule has 1 aromatic heterocycles. The Balaban J connectivity index is 1.86. The van der Waals surface area contributed by atoms with Crippen LogP contribution in [0.15, 0.2) is 59.5 Å². The van der Waals surface area contributed by atoms with Gasteiger partial charge in [-0.05, 0) is 49.7 Å². The van der Waals surface area contributed by atoms with Gasteiger partial charge in [-0.1, -0.05) is 18.2 Å². The molecule has 142 valence electrons. The number of rotatable bonds is 5. The zero-order chi connectivity index (χ0) is 20.3. The molecule has 0 aliphatic carbocycles. The van der Waals surface area contributed by atoms with Crippen molar-refractivity contribution in [1.29, 1.82) is 5.26 Å². The van der Waals surface area contributed by atoms with Crippen LogP contribution in [0, 0.1) is 25.2 Å². The van der Waals surface area contributed by atoms with Gasteiger partial charge in [0.2, 0.25) is 0 Å². The van der Waals surface area contributed by atoms with Gasteiger partial charge in [0.1, 0.15) is 11.8 Å². The van der Waals surface area contributed by atoms with Gasteiger partial charge in [0.05, 0.1) is 29.0 Å². The van der Waals surface area contributed by atoms with Crippen LogP contribution in [0.25, 0.3) is 11.3 Å². The highest BCUT2D eigenvalue weighted by Crippen LogP contribution is 2.26. The molecule has 0 atom stereocenters. The summed E-state index contributed by atoms with van der Waals surface area (Å²) in [4.78, 5) is 4.59. The van der Waals surface area contributed by atoms with E-state index in [0.29, 0.717) is 28.3 Å². The number of sulfonamides is 1. The summed E-state index contributed by atoms with van der Waals surface area (Å²) < 4.78 is 33.2. The van der Waals surface area contributed by atoms with Gasteiger partial charge >= 0.3 is 0 Å². The molecule has 0 aliphatic heterocycles. The molecule has 0 spiro atoms. The van der Waals surface area contributed by atoms with Crippen molar-refractivity contribution in [2.24, 2.45) is 0 Å². The second-order valence-electron chi connectivity index (χ2n) is 6.26. The summed E-state index contributed by atoms with van der Waals surface area (Å²) in [6, 6.07) is 17.4. The highest BCUT2D eigenvalue weighted by Gasteiger charge is 2.18. The van der Waals surface area contributed by atoms with Crippen molar-refractivity contribution >= 4 is 15.7 Å². The van der Waals surface area contributed by atoms with Gasteiger partial charge in [-0.15, -0.1) is 0 Å². The second-order valence-corrected chi connectivity index (χ2v) is 7.91. The fourth-order valence-electron chi connectivity index (χ4n) is 2.76. The maximum atomic E-state index is 12.8. The minimum atomic E-state index is -3.75. The minimum Gasteiger partial charge on any atom is -0.497 e. The zero-order valence-corrected chi connectivity index (χ0v) is 16.5. The van der Waals surface area contributed by atoms with Crippen molar-refractivity contribution in [1.82, 2.24) is 4.98 Å². The van der Waals surface area contributed by atoms with Gasteiger partial charge in [0.15, 0.2) is 0 Å². The van der Waals surface area contributed by atoms with E-state index in [9.17, 15) is 8.42 Å². The number of ether oxygens (including phenoxy) is 1. The first-order valence-corrected chi connectivity index (χ1v) is 9.98. The molecular weight excluding hydrogens is 374 g/mol. The van der Waals surface area contributed by atoms with E-state index < -0.39 is 10.0 Å². The maximum Gasteiger partial charge on any atom is 0.262 e. The third-order valence-electron chi connectivity index (χ3n) is 4.32. The molecular formula is C21H19N3O3S. The maximum absolute atomic E-state index is 12.8. The first-order chi connectivity index (χ1) is 13.3. The van der Waals surface area contributed by atoms with Crippen LogP contribution in [0.5, 0.6) is 5.75 Å². The third-order valence-corrected chi connectivity index (χ3v) is 5.85. The Morgan fingerprint density at radius 1 is 1.04 bits per heavy atom. The van der Waals surface area contributed by atoms with Crippen molar-refractivity contribution < 1.29 is 13.2 Å². The average molecular weight is 393 g/mol. The number of pyridine rings is 1. The molecule has 1 heterocycles. The van der Waals surface area contributed by atoms with Crippen LogP contribution in [-0.2, 0) is 10.0 Å². The van der Waals surface area contributed by atoms with Crippen LogP contribution >= 0.6 is 0 Å². The lowest BCUT2D eigenvalue weighted by Gasteiger charge is -2.12. The van der Waals surface area contributed by atoms with E-state index in [4.69, 9.17) is 10.00 Å². The van der Waals surface area contributed by atoms with Crippen LogP contribution in [0.1, 0.15) is 16.8 Å². The first-order valence-electron chi connectivity index (χ1n) is 8.49. The molecule has 0 aliphatic rings. The van der Waals surface area contributed by atoms with E-state index in [1.807, 2.05) is 0 Å². The summed E-state index contributed by atoms with van der Waals surface area (Å²) >= 11 is 0. The molecule has 1 N–H and O–H groups in total. The van der Waals surface area contributed by atoms with Crippen molar-refractivity contribution in [2.75, 3.05) is 11.8 Å². The Morgan fingerprint density at radius 3 is 2.36 bits per heavy atom. The number of hydrogen-bond acceptors (Lipinski definition) is 5. The Labute approximate surface area is 164 Å². The van der Waals surface area contributed by atoms with Crippen LogP contribution in [-0.4, -0.2) is 20.5 Å². The monoisotopic (exact) mass is 393 g/mol. The largest absolute Gasteiger partial charge is 0.497 e. The highest BCUT2D eigenvalue weighted by atomic mass is 32.2. The number of methoxy groups -OCH3 is 1. The number of nitrogens with zero attached hydrogens (tertiary/aromatic N) is 2. The number of anilines is 1. The summed E-state index contributed by atoms with van der Waals surface area (Å²) in [5.41, 5.74) is 3.79. The Hall–Kier alpha value is -3.37. The SMILES string of the molecule is COc1ccc(C)c(S(=O)(=O)Nc2ccc(-c3ccc(C#N)c(C)n3)cc2)c1. The molecule has 28 heavy (non-hydrogen) atoms. The Morgan fingerprint density at radius 2 is 1.75 bits per heavy atom. The molecule has 0 unspecified atom stereocenters. The van der Waals surface area contributed by atoms with Gasteiger partial charge in [-0.2, -0.15) is 5.26 Å². The van der Waals surface area contributed by atoms with Crippen molar-refractivity contribution in [3.8, 4) is 23.1 Å². The smallest absolute Gasteiger partial charge is 0.262 e. The predicted molar refractivity (Wildman–Crippen MR) is 108 cm³/mol. The van der Waals surface area contributed by atoms with Gasteiger partial charge in [0, 0.05) is 17.3 Å². The molecule has 0 amide bonds. The average Bonchev–Trinajstić information content (AvgIpc) is 2.68. The lowest BCUT2D eigenvalue weighted by Crippen LogP contribution is -2.14. The van der Waals surface area contributed by atoms with Crippen molar-refractivity contribution in [3.05, 3.63) is 71.4 Å². The third kappa shape index (κ3) is 3.97. The Kier molecular flexibility index (Phi) is 5.34. The number of nitrogens with one attached hydrogen (secondary N) is 1. The lowest BCUT2D eigenvalue weighted by molar-refractivity contribution is 0.413. The first kappa shape index (κ1) is 19.4.